The molecule has 0 aliphatic carbocycles. The van der Waals surface area contributed by atoms with Crippen LogP contribution in [0.25, 0.3) is 0 Å². The van der Waals surface area contributed by atoms with Crippen LogP contribution in [-0.2, 0) is 0 Å². The molecule has 4 rings (SSSR count). The van der Waals surface area contributed by atoms with Gasteiger partial charge in [0.2, 0.25) is 5.13 Å². The summed E-state index contributed by atoms with van der Waals surface area (Å²) in [5.74, 6) is 0.338. The highest BCUT2D eigenvalue weighted by Crippen LogP contribution is 2.32. The van der Waals surface area contributed by atoms with Crippen LogP contribution in [0.15, 0.2) is 48.1 Å². The number of piperidine rings is 1. The minimum absolute atomic E-state index is 0.119. The Hall–Kier alpha value is -2.91. The van der Waals surface area contributed by atoms with Gasteiger partial charge in [-0.25, -0.2) is 9.37 Å². The molecule has 0 bridgehead atoms. The van der Waals surface area contributed by atoms with Crippen molar-refractivity contribution in [2.45, 2.75) is 18.9 Å². The first-order valence-corrected chi connectivity index (χ1v) is 10.2. The summed E-state index contributed by atoms with van der Waals surface area (Å²) in [7, 11) is 0. The maximum Gasteiger partial charge on any atom is 0.259 e. The van der Waals surface area contributed by atoms with E-state index in [1.807, 2.05) is 6.07 Å². The Labute approximate surface area is 171 Å². The molecule has 0 saturated carbocycles. The smallest absolute Gasteiger partial charge is 0.259 e. The van der Waals surface area contributed by atoms with E-state index in [1.54, 1.807) is 29.9 Å². The lowest BCUT2D eigenvalue weighted by Gasteiger charge is -2.35. The van der Waals surface area contributed by atoms with Crippen molar-refractivity contribution in [2.75, 3.05) is 23.3 Å². The number of nitrogens with zero attached hydrogens (tertiary/aromatic N) is 4. The first-order chi connectivity index (χ1) is 14.1. The average molecular weight is 413 g/mol. The van der Waals surface area contributed by atoms with Gasteiger partial charge < -0.3 is 10.0 Å². The molecule has 7 nitrogen and oxygen atoms in total. The average Bonchev–Trinajstić information content (AvgIpc) is 3.27. The van der Waals surface area contributed by atoms with E-state index in [0.717, 1.165) is 37.3 Å². The third kappa shape index (κ3) is 4.57. The normalized spacial score (nSPS) is 15.9. The van der Waals surface area contributed by atoms with Crippen LogP contribution < -0.4 is 10.2 Å². The number of aliphatic hydroxyl groups excluding tert-OH is 1. The lowest BCUT2D eigenvalue weighted by molar-refractivity contribution is 0.0928. The Kier molecular flexibility index (Phi) is 5.77. The fourth-order valence-electron chi connectivity index (χ4n) is 3.48. The highest BCUT2D eigenvalue weighted by Gasteiger charge is 2.27. The van der Waals surface area contributed by atoms with E-state index < -0.39 is 6.10 Å². The molecule has 1 aliphatic heterocycles. The number of rotatable bonds is 5. The SMILES string of the molecule is O=C(Nc1nncs1)c1ccc(N2CCC(C(O)c3ccc(F)cc3)CC2)nc1. The molecule has 1 amide bonds. The van der Waals surface area contributed by atoms with Crippen molar-refractivity contribution in [1.29, 1.82) is 0 Å². The number of aliphatic hydroxyl groups is 1. The first kappa shape index (κ1) is 19.4. The van der Waals surface area contributed by atoms with Gasteiger partial charge in [0.15, 0.2) is 0 Å². The Morgan fingerprint density at radius 2 is 1.97 bits per heavy atom. The summed E-state index contributed by atoms with van der Waals surface area (Å²) in [5.41, 5.74) is 2.74. The molecule has 2 N–H and O–H groups in total. The van der Waals surface area contributed by atoms with Crippen molar-refractivity contribution in [3.05, 3.63) is 65.0 Å². The number of carbonyl (C=O) groups is 1. The van der Waals surface area contributed by atoms with Gasteiger partial charge in [0.1, 0.15) is 17.1 Å². The number of hydrogen-bond donors (Lipinski definition) is 2. The van der Waals surface area contributed by atoms with E-state index in [4.69, 9.17) is 0 Å². The first-order valence-electron chi connectivity index (χ1n) is 9.32. The van der Waals surface area contributed by atoms with E-state index in [9.17, 15) is 14.3 Å². The molecular formula is C20H20FN5O2S. The number of aromatic nitrogens is 3. The number of carbonyl (C=O) groups excluding carboxylic acids is 1. The summed E-state index contributed by atoms with van der Waals surface area (Å²) in [6.45, 7) is 1.51. The molecule has 1 saturated heterocycles. The number of nitrogens with one attached hydrogen (secondary N) is 1. The molecule has 29 heavy (non-hydrogen) atoms. The molecule has 1 aliphatic rings. The summed E-state index contributed by atoms with van der Waals surface area (Å²) in [5, 5.41) is 21.2. The van der Waals surface area contributed by atoms with Crippen LogP contribution in [0, 0.1) is 11.7 Å². The largest absolute Gasteiger partial charge is 0.388 e. The van der Waals surface area contributed by atoms with Gasteiger partial charge >= 0.3 is 0 Å². The van der Waals surface area contributed by atoms with Crippen LogP contribution in [0.5, 0.6) is 0 Å². The summed E-state index contributed by atoms with van der Waals surface area (Å²) >= 11 is 1.25. The van der Waals surface area contributed by atoms with Crippen LogP contribution in [0.1, 0.15) is 34.9 Å². The maximum atomic E-state index is 13.1. The molecule has 1 atom stereocenters. The van der Waals surface area contributed by atoms with Gasteiger partial charge in [0.05, 0.1) is 11.7 Å². The fourth-order valence-corrected chi connectivity index (χ4v) is 3.92. The summed E-state index contributed by atoms with van der Waals surface area (Å²) in [6, 6.07) is 9.59. The second kappa shape index (κ2) is 8.62. The quantitative estimate of drug-likeness (QED) is 0.667. The van der Waals surface area contributed by atoms with Crippen LogP contribution in [0.3, 0.4) is 0 Å². The molecule has 1 aromatic carbocycles. The van der Waals surface area contributed by atoms with Gasteiger partial charge in [-0.15, -0.1) is 10.2 Å². The molecule has 0 spiro atoms. The number of anilines is 2. The van der Waals surface area contributed by atoms with Crippen LogP contribution >= 0.6 is 11.3 Å². The van der Waals surface area contributed by atoms with Gasteiger partial charge in [0.25, 0.3) is 5.91 Å². The van der Waals surface area contributed by atoms with E-state index in [1.165, 1.54) is 23.5 Å². The van der Waals surface area contributed by atoms with Gasteiger partial charge in [-0.05, 0) is 48.6 Å². The Morgan fingerprint density at radius 1 is 1.21 bits per heavy atom. The molecule has 1 unspecified atom stereocenters. The monoisotopic (exact) mass is 413 g/mol. The molecule has 2 aromatic heterocycles. The van der Waals surface area contributed by atoms with Crippen molar-refractivity contribution in [3.63, 3.8) is 0 Å². The predicted molar refractivity (Wildman–Crippen MR) is 108 cm³/mol. The van der Waals surface area contributed by atoms with E-state index in [-0.39, 0.29) is 17.6 Å². The number of pyridine rings is 1. The zero-order chi connectivity index (χ0) is 20.2. The molecule has 3 aromatic rings. The van der Waals surface area contributed by atoms with Gasteiger partial charge in [-0.3, -0.25) is 10.1 Å². The summed E-state index contributed by atoms with van der Waals surface area (Å²) in [6.07, 6.45) is 2.56. The third-order valence-corrected chi connectivity index (χ3v) is 5.72. The van der Waals surface area contributed by atoms with Crippen molar-refractivity contribution >= 4 is 28.2 Å². The van der Waals surface area contributed by atoms with E-state index >= 15 is 0 Å². The second-order valence-electron chi connectivity index (χ2n) is 6.92. The van der Waals surface area contributed by atoms with Gasteiger partial charge in [0, 0.05) is 19.3 Å². The zero-order valence-corrected chi connectivity index (χ0v) is 16.3. The Bertz CT molecular complexity index is 942. The van der Waals surface area contributed by atoms with Gasteiger partial charge in [-0.1, -0.05) is 23.5 Å². The standard InChI is InChI=1S/C20H20FN5O2S/c21-16-4-1-13(2-5-16)18(27)14-7-9-26(10-8-14)17-6-3-15(11-22-17)19(28)24-20-25-23-12-29-20/h1-6,11-12,14,18,27H,7-10H2,(H,24,25,28). The second-order valence-corrected chi connectivity index (χ2v) is 7.76. The minimum Gasteiger partial charge on any atom is -0.388 e. The zero-order valence-electron chi connectivity index (χ0n) is 15.5. The summed E-state index contributed by atoms with van der Waals surface area (Å²) < 4.78 is 13.1. The van der Waals surface area contributed by atoms with Crippen molar-refractivity contribution in [1.82, 2.24) is 15.2 Å². The van der Waals surface area contributed by atoms with Crippen molar-refractivity contribution < 1.29 is 14.3 Å². The number of benzene rings is 1. The van der Waals surface area contributed by atoms with Crippen molar-refractivity contribution in [2.24, 2.45) is 5.92 Å². The molecule has 3 heterocycles. The Balaban J connectivity index is 1.33. The minimum atomic E-state index is -0.600. The van der Waals surface area contributed by atoms with Crippen LogP contribution in [0.2, 0.25) is 0 Å². The highest BCUT2D eigenvalue weighted by molar-refractivity contribution is 7.13. The predicted octanol–water partition coefficient (Wildman–Crippen LogP) is 3.27. The molecular weight excluding hydrogens is 393 g/mol. The van der Waals surface area contributed by atoms with Crippen LogP contribution in [-0.4, -0.2) is 39.3 Å². The lowest BCUT2D eigenvalue weighted by atomic mass is 9.87. The Morgan fingerprint density at radius 3 is 2.59 bits per heavy atom. The summed E-state index contributed by atoms with van der Waals surface area (Å²) in [4.78, 5) is 18.8. The van der Waals surface area contributed by atoms with E-state index in [2.05, 4.69) is 25.4 Å². The fraction of sp³-hybridized carbons (Fsp3) is 0.300. The molecule has 1 fully saturated rings. The lowest BCUT2D eigenvalue weighted by Crippen LogP contribution is -2.36. The molecule has 9 heteroatoms. The van der Waals surface area contributed by atoms with Crippen LogP contribution in [0.4, 0.5) is 15.3 Å². The number of halogens is 1. The molecule has 150 valence electrons. The third-order valence-electron chi connectivity index (χ3n) is 5.11. The number of amides is 1. The highest BCUT2D eigenvalue weighted by atomic mass is 32.1. The van der Waals surface area contributed by atoms with E-state index in [0.29, 0.717) is 10.7 Å². The molecule has 0 radical (unpaired) electrons. The maximum absolute atomic E-state index is 13.1. The topological polar surface area (TPSA) is 91.2 Å². The van der Waals surface area contributed by atoms with Crippen molar-refractivity contribution in [3.8, 4) is 0 Å². The van der Waals surface area contributed by atoms with Gasteiger partial charge in [-0.2, -0.15) is 0 Å². The number of hydrogen-bond acceptors (Lipinski definition) is 7.